The highest BCUT2D eigenvalue weighted by atomic mass is 16.5. The van der Waals surface area contributed by atoms with E-state index in [1.54, 1.807) is 6.07 Å². The van der Waals surface area contributed by atoms with E-state index in [1.165, 1.54) is 0 Å². The topological polar surface area (TPSA) is 71.8 Å². The maximum atomic E-state index is 12.4. The number of benzene rings is 3. The summed E-state index contributed by atoms with van der Waals surface area (Å²) >= 11 is 0. The predicted molar refractivity (Wildman–Crippen MR) is 119 cm³/mol. The molecule has 4 aromatic rings. The van der Waals surface area contributed by atoms with Gasteiger partial charge in [-0.2, -0.15) is 0 Å². The van der Waals surface area contributed by atoms with Gasteiger partial charge in [0.1, 0.15) is 16.9 Å². The summed E-state index contributed by atoms with van der Waals surface area (Å²) in [6.45, 7) is 1.26. The number of amides is 2. The summed E-state index contributed by atoms with van der Waals surface area (Å²) in [5, 5.41) is 4.84. The number of carbonyl (C=O) groups excluding carboxylic acids is 2. The lowest BCUT2D eigenvalue weighted by molar-refractivity contribution is -0.128. The number of carbonyl (C=O) groups is 2. The zero-order valence-corrected chi connectivity index (χ0v) is 17.0. The van der Waals surface area contributed by atoms with Crippen molar-refractivity contribution in [2.45, 2.75) is 19.4 Å². The smallest absolute Gasteiger partial charge is 0.262 e. The van der Waals surface area contributed by atoms with Crippen LogP contribution in [0.3, 0.4) is 0 Å². The van der Waals surface area contributed by atoms with Crippen LogP contribution in [-0.2, 0) is 16.1 Å². The summed E-state index contributed by atoms with van der Waals surface area (Å²) in [5.41, 5.74) is 3.29. The largest absolute Gasteiger partial charge is 0.484 e. The number of nitrogens with zero attached hydrogens (tertiary/aromatic N) is 1. The van der Waals surface area contributed by atoms with Gasteiger partial charge in [0, 0.05) is 36.0 Å². The van der Waals surface area contributed by atoms with E-state index in [2.05, 4.69) is 5.32 Å². The van der Waals surface area contributed by atoms with Crippen molar-refractivity contribution in [2.24, 2.45) is 0 Å². The average Bonchev–Trinajstić information content (AvgIpc) is 3.35. The Morgan fingerprint density at radius 1 is 1.00 bits per heavy atom. The van der Waals surface area contributed by atoms with Crippen molar-refractivity contribution in [3.05, 3.63) is 72.3 Å². The second-order valence-corrected chi connectivity index (χ2v) is 7.71. The molecule has 1 aromatic heterocycles. The van der Waals surface area contributed by atoms with Gasteiger partial charge in [0.2, 0.25) is 5.91 Å². The minimum atomic E-state index is -0.244. The van der Waals surface area contributed by atoms with Gasteiger partial charge in [-0.25, -0.2) is 0 Å². The van der Waals surface area contributed by atoms with Crippen LogP contribution in [-0.4, -0.2) is 29.9 Å². The fourth-order valence-corrected chi connectivity index (χ4v) is 3.98. The fraction of sp³-hybridized carbons (Fsp3) is 0.200. The minimum absolute atomic E-state index is 0.101. The van der Waals surface area contributed by atoms with Crippen molar-refractivity contribution in [2.75, 3.05) is 18.5 Å². The summed E-state index contributed by atoms with van der Waals surface area (Å²) < 4.78 is 11.5. The Balaban J connectivity index is 1.22. The molecular formula is C25H22N2O4. The monoisotopic (exact) mass is 414 g/mol. The molecule has 0 unspecified atom stereocenters. The molecule has 1 fully saturated rings. The first-order valence-corrected chi connectivity index (χ1v) is 10.4. The minimum Gasteiger partial charge on any atom is -0.484 e. The van der Waals surface area contributed by atoms with Gasteiger partial charge in [-0.1, -0.05) is 30.3 Å². The summed E-state index contributed by atoms with van der Waals surface area (Å²) in [5.74, 6) is 0.548. The molecule has 6 nitrogen and oxygen atoms in total. The number of rotatable bonds is 6. The zero-order chi connectivity index (χ0) is 21.2. The second kappa shape index (κ2) is 8.14. The highest BCUT2D eigenvalue weighted by molar-refractivity contribution is 6.05. The molecule has 1 aliphatic rings. The first-order chi connectivity index (χ1) is 15.2. The maximum Gasteiger partial charge on any atom is 0.262 e. The van der Waals surface area contributed by atoms with Crippen LogP contribution in [0.5, 0.6) is 5.75 Å². The number of furan rings is 1. The molecule has 3 aromatic carbocycles. The number of hydrogen-bond acceptors (Lipinski definition) is 4. The van der Waals surface area contributed by atoms with Gasteiger partial charge in [0.05, 0.1) is 0 Å². The summed E-state index contributed by atoms with van der Waals surface area (Å²) in [4.78, 5) is 26.1. The fourth-order valence-electron chi connectivity index (χ4n) is 3.98. The number of nitrogens with one attached hydrogen (secondary N) is 1. The highest BCUT2D eigenvalue weighted by Crippen LogP contribution is 2.31. The van der Waals surface area contributed by atoms with Crippen molar-refractivity contribution >= 4 is 39.4 Å². The number of hydrogen-bond donors (Lipinski definition) is 1. The molecule has 1 N–H and O–H groups in total. The number of para-hydroxylation sites is 1. The molecule has 5 rings (SSSR count). The number of anilines is 1. The third-order valence-corrected chi connectivity index (χ3v) is 5.47. The highest BCUT2D eigenvalue weighted by Gasteiger charge is 2.20. The summed E-state index contributed by atoms with van der Waals surface area (Å²) in [6.07, 6.45) is 1.53. The molecule has 0 atom stereocenters. The molecular weight excluding hydrogens is 392 g/mol. The Hall–Kier alpha value is -3.80. The normalized spacial score (nSPS) is 13.8. The quantitative estimate of drug-likeness (QED) is 0.495. The van der Waals surface area contributed by atoms with Crippen LogP contribution < -0.4 is 10.1 Å². The molecule has 1 saturated heterocycles. The Kier molecular flexibility index (Phi) is 5.04. The van der Waals surface area contributed by atoms with Gasteiger partial charge < -0.3 is 19.4 Å². The Labute approximate surface area is 179 Å². The lowest BCUT2D eigenvalue weighted by Crippen LogP contribution is -2.24. The Morgan fingerprint density at radius 3 is 2.74 bits per heavy atom. The van der Waals surface area contributed by atoms with Crippen molar-refractivity contribution in [1.82, 2.24) is 4.90 Å². The van der Waals surface area contributed by atoms with E-state index in [4.69, 9.17) is 9.15 Å². The van der Waals surface area contributed by atoms with Crippen LogP contribution in [0.15, 0.2) is 71.1 Å². The molecule has 0 radical (unpaired) electrons. The molecule has 0 bridgehead atoms. The lowest BCUT2D eigenvalue weighted by Gasteiger charge is -2.16. The van der Waals surface area contributed by atoms with Crippen LogP contribution >= 0.6 is 0 Å². The Morgan fingerprint density at radius 2 is 1.87 bits per heavy atom. The molecule has 6 heteroatoms. The number of ether oxygens (including phenoxy) is 1. The van der Waals surface area contributed by atoms with E-state index in [-0.39, 0.29) is 18.4 Å². The standard InChI is InChI=1S/C25H22N2O4/c28-24(26-18-6-3-5-17(13-18)15-27-12-4-9-25(27)29)16-30-19-10-11-23-21(14-19)20-7-1-2-8-22(20)31-23/h1-3,5-8,10-11,13-14H,4,9,12,15-16H2,(H,26,28). The van der Waals surface area contributed by atoms with E-state index in [1.807, 2.05) is 65.6 Å². The molecule has 2 amide bonds. The Bertz CT molecular complexity index is 1280. The predicted octanol–water partition coefficient (Wildman–Crippen LogP) is 4.73. The second-order valence-electron chi connectivity index (χ2n) is 7.71. The van der Waals surface area contributed by atoms with Gasteiger partial charge in [0.15, 0.2) is 6.61 Å². The van der Waals surface area contributed by atoms with Crippen LogP contribution in [0.4, 0.5) is 5.69 Å². The van der Waals surface area contributed by atoms with E-state index in [9.17, 15) is 9.59 Å². The molecule has 0 aliphatic carbocycles. The van der Waals surface area contributed by atoms with Crippen molar-refractivity contribution < 1.29 is 18.7 Å². The SMILES string of the molecule is O=C(COc1ccc2oc3ccccc3c2c1)Nc1cccc(CN2CCCC2=O)c1. The van der Waals surface area contributed by atoms with Crippen LogP contribution in [0, 0.1) is 0 Å². The van der Waals surface area contributed by atoms with Gasteiger partial charge in [0.25, 0.3) is 5.91 Å². The lowest BCUT2D eigenvalue weighted by atomic mass is 10.1. The first-order valence-electron chi connectivity index (χ1n) is 10.4. The van der Waals surface area contributed by atoms with E-state index in [0.29, 0.717) is 24.4 Å². The third kappa shape index (κ3) is 4.10. The molecule has 0 spiro atoms. The van der Waals surface area contributed by atoms with Crippen molar-refractivity contribution in [3.63, 3.8) is 0 Å². The van der Waals surface area contributed by atoms with E-state index in [0.717, 1.165) is 40.5 Å². The van der Waals surface area contributed by atoms with Gasteiger partial charge >= 0.3 is 0 Å². The van der Waals surface area contributed by atoms with Gasteiger partial charge in [-0.05, 0) is 48.4 Å². The number of likely N-dealkylation sites (tertiary alicyclic amines) is 1. The van der Waals surface area contributed by atoms with E-state index >= 15 is 0 Å². The van der Waals surface area contributed by atoms with Crippen LogP contribution in [0.2, 0.25) is 0 Å². The molecule has 2 heterocycles. The van der Waals surface area contributed by atoms with Crippen LogP contribution in [0.1, 0.15) is 18.4 Å². The molecule has 156 valence electrons. The van der Waals surface area contributed by atoms with Gasteiger partial charge in [-0.15, -0.1) is 0 Å². The molecule has 1 aliphatic heterocycles. The number of fused-ring (bicyclic) bond motifs is 3. The van der Waals surface area contributed by atoms with Crippen LogP contribution in [0.25, 0.3) is 21.9 Å². The van der Waals surface area contributed by atoms with Gasteiger partial charge in [-0.3, -0.25) is 9.59 Å². The maximum absolute atomic E-state index is 12.4. The van der Waals surface area contributed by atoms with Crippen molar-refractivity contribution in [1.29, 1.82) is 0 Å². The van der Waals surface area contributed by atoms with E-state index < -0.39 is 0 Å². The first kappa shape index (κ1) is 19.2. The zero-order valence-electron chi connectivity index (χ0n) is 17.0. The summed E-state index contributed by atoms with van der Waals surface area (Å²) in [7, 11) is 0. The average molecular weight is 414 g/mol. The third-order valence-electron chi connectivity index (χ3n) is 5.47. The molecule has 31 heavy (non-hydrogen) atoms. The van der Waals surface area contributed by atoms with Crippen molar-refractivity contribution in [3.8, 4) is 5.75 Å². The molecule has 0 saturated carbocycles. The summed E-state index contributed by atoms with van der Waals surface area (Å²) in [6, 6.07) is 20.9.